The zero-order chi connectivity index (χ0) is 19.1. The van der Waals surface area contributed by atoms with Crippen molar-refractivity contribution >= 4 is 28.9 Å². The van der Waals surface area contributed by atoms with Crippen molar-refractivity contribution in [3.63, 3.8) is 0 Å². The van der Waals surface area contributed by atoms with Crippen LogP contribution < -0.4 is 20.9 Å². The van der Waals surface area contributed by atoms with Gasteiger partial charge in [-0.3, -0.25) is 15.6 Å². The number of ether oxygens (including phenoxy) is 1. The number of carbonyl (C=O) groups is 1. The summed E-state index contributed by atoms with van der Waals surface area (Å²) in [4.78, 5) is 12.5. The van der Waals surface area contributed by atoms with Crippen LogP contribution in [0.15, 0.2) is 73.1 Å². The Morgan fingerprint density at radius 1 is 1.00 bits per heavy atom. The lowest BCUT2D eigenvalue weighted by Gasteiger charge is -2.14. The minimum atomic E-state index is -0.282. The molecule has 27 heavy (non-hydrogen) atoms. The summed E-state index contributed by atoms with van der Waals surface area (Å²) in [6.45, 7) is 2.55. The van der Waals surface area contributed by atoms with Crippen molar-refractivity contribution in [2.75, 3.05) is 11.9 Å². The fraction of sp³-hybridized carbons (Fsp3) is 0.100. The first kappa shape index (κ1) is 18.5. The minimum Gasteiger partial charge on any atom is -0.494 e. The third kappa shape index (κ3) is 4.86. The molecule has 3 rings (SSSR count). The normalized spacial score (nSPS) is 10.1. The number of thiocarbonyl (C=S) groups is 1. The van der Waals surface area contributed by atoms with Crippen LogP contribution in [0.4, 0.5) is 5.69 Å². The smallest absolute Gasteiger partial charge is 0.271 e. The van der Waals surface area contributed by atoms with Gasteiger partial charge < -0.3 is 14.6 Å². The average molecular weight is 380 g/mol. The second-order valence-corrected chi connectivity index (χ2v) is 6.01. The summed E-state index contributed by atoms with van der Waals surface area (Å²) in [6.07, 6.45) is 3.77. The van der Waals surface area contributed by atoms with Crippen LogP contribution >= 0.6 is 12.2 Å². The summed E-state index contributed by atoms with van der Waals surface area (Å²) < 4.78 is 7.28. The van der Waals surface area contributed by atoms with Gasteiger partial charge in [0.05, 0.1) is 17.9 Å². The van der Waals surface area contributed by atoms with Crippen molar-refractivity contribution < 1.29 is 9.53 Å². The predicted octanol–water partition coefficient (Wildman–Crippen LogP) is 3.51. The van der Waals surface area contributed by atoms with Gasteiger partial charge >= 0.3 is 0 Å². The van der Waals surface area contributed by atoms with Gasteiger partial charge in [-0.15, -0.1) is 0 Å². The highest BCUT2D eigenvalue weighted by Crippen LogP contribution is 2.16. The first-order chi connectivity index (χ1) is 13.2. The van der Waals surface area contributed by atoms with Crippen LogP contribution in [-0.2, 0) is 0 Å². The van der Waals surface area contributed by atoms with Crippen LogP contribution in [0.5, 0.6) is 5.75 Å². The maximum atomic E-state index is 12.5. The van der Waals surface area contributed by atoms with E-state index in [9.17, 15) is 4.79 Å². The second-order valence-electron chi connectivity index (χ2n) is 5.60. The number of hydrogen-bond donors (Lipinski definition) is 3. The van der Waals surface area contributed by atoms with E-state index in [2.05, 4.69) is 16.2 Å². The van der Waals surface area contributed by atoms with Gasteiger partial charge in [0, 0.05) is 18.1 Å². The fourth-order valence-corrected chi connectivity index (χ4v) is 2.70. The van der Waals surface area contributed by atoms with Crippen molar-refractivity contribution in [3.8, 4) is 11.4 Å². The van der Waals surface area contributed by atoms with Gasteiger partial charge in [-0.1, -0.05) is 12.1 Å². The van der Waals surface area contributed by atoms with Crippen molar-refractivity contribution in [2.45, 2.75) is 6.92 Å². The van der Waals surface area contributed by atoms with Crippen molar-refractivity contribution in [1.82, 2.24) is 15.4 Å². The number of hydrazine groups is 1. The number of anilines is 1. The van der Waals surface area contributed by atoms with E-state index in [4.69, 9.17) is 17.0 Å². The molecule has 2 aromatic carbocycles. The molecule has 0 bridgehead atoms. The summed E-state index contributed by atoms with van der Waals surface area (Å²) >= 11 is 5.23. The van der Waals surface area contributed by atoms with Gasteiger partial charge in [0.25, 0.3) is 5.91 Å². The lowest BCUT2D eigenvalue weighted by atomic mass is 10.1. The number of hydrogen-bond acceptors (Lipinski definition) is 3. The molecular weight excluding hydrogens is 360 g/mol. The largest absolute Gasteiger partial charge is 0.494 e. The molecule has 0 aliphatic carbocycles. The van der Waals surface area contributed by atoms with Gasteiger partial charge in [-0.05, 0) is 67.7 Å². The highest BCUT2D eigenvalue weighted by Gasteiger charge is 2.12. The molecule has 0 unspecified atom stereocenters. The molecule has 0 radical (unpaired) electrons. The molecule has 3 N–H and O–H groups in total. The van der Waals surface area contributed by atoms with Gasteiger partial charge in [-0.25, -0.2) is 0 Å². The van der Waals surface area contributed by atoms with E-state index in [0.717, 1.165) is 17.1 Å². The van der Waals surface area contributed by atoms with E-state index >= 15 is 0 Å². The molecule has 0 aliphatic heterocycles. The molecule has 0 fully saturated rings. The summed E-state index contributed by atoms with van der Waals surface area (Å²) in [6, 6.07) is 18.5. The Morgan fingerprint density at radius 3 is 2.41 bits per heavy atom. The standard InChI is InChI=1S/C20H20N4O2S/c1-2-26-16-11-9-15(10-12-16)21-20(27)23-22-19(25)17-7-3-4-8-18(17)24-13-5-6-14-24/h3-14H,2H2,1H3,(H,22,25)(H2,21,23,27). The van der Waals surface area contributed by atoms with Crippen LogP contribution in [-0.4, -0.2) is 22.2 Å². The lowest BCUT2D eigenvalue weighted by molar-refractivity contribution is 0.0944. The van der Waals surface area contributed by atoms with Crippen LogP contribution in [0.25, 0.3) is 5.69 Å². The molecule has 1 amide bonds. The first-order valence-corrected chi connectivity index (χ1v) is 8.91. The predicted molar refractivity (Wildman–Crippen MR) is 110 cm³/mol. The number of nitrogens with one attached hydrogen (secondary N) is 3. The molecule has 0 spiro atoms. The van der Waals surface area contributed by atoms with E-state index in [1.165, 1.54) is 0 Å². The quantitative estimate of drug-likeness (QED) is 0.467. The van der Waals surface area contributed by atoms with Crippen molar-refractivity contribution in [3.05, 3.63) is 78.6 Å². The maximum Gasteiger partial charge on any atom is 0.271 e. The van der Waals surface area contributed by atoms with Crippen LogP contribution in [0.2, 0.25) is 0 Å². The molecule has 1 heterocycles. The lowest BCUT2D eigenvalue weighted by Crippen LogP contribution is -2.44. The Bertz CT molecular complexity index is 908. The Balaban J connectivity index is 1.58. The number of amides is 1. The number of rotatable bonds is 5. The highest BCUT2D eigenvalue weighted by atomic mass is 32.1. The van der Waals surface area contributed by atoms with Gasteiger partial charge in [-0.2, -0.15) is 0 Å². The third-order valence-electron chi connectivity index (χ3n) is 3.74. The van der Waals surface area contributed by atoms with E-state index in [-0.39, 0.29) is 11.0 Å². The topological polar surface area (TPSA) is 67.3 Å². The molecule has 6 nitrogen and oxygen atoms in total. The Morgan fingerprint density at radius 2 is 1.70 bits per heavy atom. The average Bonchev–Trinajstić information content (AvgIpc) is 3.22. The van der Waals surface area contributed by atoms with Crippen LogP contribution in [0, 0.1) is 0 Å². The van der Waals surface area contributed by atoms with Gasteiger partial charge in [0.1, 0.15) is 5.75 Å². The zero-order valence-corrected chi connectivity index (χ0v) is 15.6. The van der Waals surface area contributed by atoms with E-state index < -0.39 is 0 Å². The molecule has 0 atom stereocenters. The zero-order valence-electron chi connectivity index (χ0n) is 14.8. The first-order valence-electron chi connectivity index (χ1n) is 8.50. The highest BCUT2D eigenvalue weighted by molar-refractivity contribution is 7.80. The summed E-state index contributed by atoms with van der Waals surface area (Å²) in [5.41, 5.74) is 7.45. The van der Waals surface area contributed by atoms with E-state index in [1.807, 2.05) is 78.5 Å². The molecular formula is C20H20N4O2S. The van der Waals surface area contributed by atoms with Gasteiger partial charge in [0.15, 0.2) is 5.11 Å². The van der Waals surface area contributed by atoms with Crippen molar-refractivity contribution in [1.29, 1.82) is 0 Å². The number of benzene rings is 2. The van der Waals surface area contributed by atoms with Crippen LogP contribution in [0.1, 0.15) is 17.3 Å². The molecule has 0 saturated heterocycles. The summed E-state index contributed by atoms with van der Waals surface area (Å²) in [5.74, 6) is 0.506. The maximum absolute atomic E-state index is 12.5. The second kappa shape index (κ2) is 8.86. The molecule has 7 heteroatoms. The Labute approximate surface area is 163 Å². The number of nitrogens with zero attached hydrogens (tertiary/aromatic N) is 1. The number of carbonyl (C=O) groups excluding carboxylic acids is 1. The summed E-state index contributed by atoms with van der Waals surface area (Å²) in [5, 5.41) is 3.29. The van der Waals surface area contributed by atoms with Gasteiger partial charge in [0.2, 0.25) is 0 Å². The number of para-hydroxylation sites is 1. The molecule has 138 valence electrons. The third-order valence-corrected chi connectivity index (χ3v) is 3.95. The van der Waals surface area contributed by atoms with Crippen molar-refractivity contribution in [2.24, 2.45) is 0 Å². The SMILES string of the molecule is CCOc1ccc(NC(=S)NNC(=O)c2ccccc2-n2cccc2)cc1. The summed E-state index contributed by atoms with van der Waals surface area (Å²) in [7, 11) is 0. The Hall–Kier alpha value is -3.32. The van der Waals surface area contributed by atoms with E-state index in [0.29, 0.717) is 12.2 Å². The monoisotopic (exact) mass is 380 g/mol. The minimum absolute atomic E-state index is 0.282. The van der Waals surface area contributed by atoms with Crippen LogP contribution in [0.3, 0.4) is 0 Å². The van der Waals surface area contributed by atoms with E-state index in [1.54, 1.807) is 6.07 Å². The number of aromatic nitrogens is 1. The fourth-order valence-electron chi connectivity index (χ4n) is 2.53. The molecule has 3 aromatic rings. The molecule has 1 aromatic heterocycles. The molecule has 0 aliphatic rings. The molecule has 0 saturated carbocycles. The Kier molecular flexibility index (Phi) is 6.06.